The fourth-order valence-electron chi connectivity index (χ4n) is 3.74. The van der Waals surface area contributed by atoms with Gasteiger partial charge in [0.05, 0.1) is 5.69 Å². The highest BCUT2D eigenvalue weighted by Crippen LogP contribution is 2.32. The lowest BCUT2D eigenvalue weighted by Gasteiger charge is -2.36. The fourth-order valence-corrected chi connectivity index (χ4v) is 4.79. The van der Waals surface area contributed by atoms with Crippen molar-refractivity contribution < 1.29 is 4.79 Å². The quantitative estimate of drug-likeness (QED) is 0.603. The number of aromatic nitrogens is 1. The molecule has 6 nitrogen and oxygen atoms in total. The molecule has 1 fully saturated rings. The van der Waals surface area contributed by atoms with E-state index in [9.17, 15) is 4.79 Å². The Morgan fingerprint density at radius 2 is 2.10 bits per heavy atom. The van der Waals surface area contributed by atoms with E-state index in [2.05, 4.69) is 51.7 Å². The normalized spacial score (nSPS) is 16.9. The molecule has 4 rings (SSSR count). The van der Waals surface area contributed by atoms with Crippen LogP contribution in [0.25, 0.3) is 10.2 Å². The third kappa shape index (κ3) is 4.21. The molecular formula is C22H27N5OS. The van der Waals surface area contributed by atoms with E-state index in [0.29, 0.717) is 23.2 Å². The van der Waals surface area contributed by atoms with Crippen molar-refractivity contribution in [1.82, 2.24) is 15.6 Å². The zero-order valence-electron chi connectivity index (χ0n) is 16.9. The van der Waals surface area contributed by atoms with Crippen LogP contribution < -0.4 is 21.3 Å². The first-order valence-electron chi connectivity index (χ1n) is 10.0. The number of benzene rings is 1. The van der Waals surface area contributed by atoms with E-state index in [4.69, 9.17) is 5.73 Å². The summed E-state index contributed by atoms with van der Waals surface area (Å²) in [6.07, 6.45) is 0.783. The number of nitrogens with zero attached hydrogens (tertiary/aromatic N) is 2. The van der Waals surface area contributed by atoms with Crippen LogP contribution in [0.1, 0.15) is 27.9 Å². The Bertz CT molecular complexity index is 1010. The number of piperazine rings is 1. The third-order valence-electron chi connectivity index (χ3n) is 5.41. The number of hydrogen-bond donors (Lipinski definition) is 3. The van der Waals surface area contributed by atoms with E-state index in [-0.39, 0.29) is 5.91 Å². The van der Waals surface area contributed by atoms with Gasteiger partial charge < -0.3 is 21.3 Å². The summed E-state index contributed by atoms with van der Waals surface area (Å²) in [5.41, 5.74) is 10.1. The van der Waals surface area contributed by atoms with Crippen molar-refractivity contribution in [2.24, 2.45) is 0 Å². The first kappa shape index (κ1) is 19.7. The number of nitrogen functional groups attached to an aromatic ring is 1. The second-order valence-electron chi connectivity index (χ2n) is 7.57. The second kappa shape index (κ2) is 8.39. The minimum atomic E-state index is -0.130. The van der Waals surface area contributed by atoms with Gasteiger partial charge in [0.2, 0.25) is 0 Å². The van der Waals surface area contributed by atoms with Crippen LogP contribution >= 0.6 is 11.3 Å². The second-order valence-corrected chi connectivity index (χ2v) is 8.57. The average Bonchev–Trinajstić information content (AvgIpc) is 3.05. The van der Waals surface area contributed by atoms with Crippen LogP contribution in [-0.4, -0.2) is 43.1 Å². The maximum Gasteiger partial charge on any atom is 0.263 e. The van der Waals surface area contributed by atoms with E-state index in [0.717, 1.165) is 42.0 Å². The minimum Gasteiger partial charge on any atom is -0.397 e. The third-order valence-corrected chi connectivity index (χ3v) is 6.52. The Labute approximate surface area is 175 Å². The molecule has 0 saturated carbocycles. The van der Waals surface area contributed by atoms with E-state index in [1.165, 1.54) is 22.6 Å². The molecule has 29 heavy (non-hydrogen) atoms. The van der Waals surface area contributed by atoms with E-state index >= 15 is 0 Å². The summed E-state index contributed by atoms with van der Waals surface area (Å²) in [6.45, 7) is 7.82. The van der Waals surface area contributed by atoms with Gasteiger partial charge in [0.1, 0.15) is 9.71 Å². The topological polar surface area (TPSA) is 83.3 Å². The molecule has 152 valence electrons. The Morgan fingerprint density at radius 3 is 2.86 bits per heavy atom. The van der Waals surface area contributed by atoms with Gasteiger partial charge in [0.15, 0.2) is 0 Å². The lowest BCUT2D eigenvalue weighted by molar-refractivity contribution is 0.0959. The summed E-state index contributed by atoms with van der Waals surface area (Å²) in [5, 5.41) is 7.26. The van der Waals surface area contributed by atoms with Crippen molar-refractivity contribution in [1.29, 1.82) is 0 Å². The fraction of sp³-hybridized carbons (Fsp3) is 0.364. The van der Waals surface area contributed by atoms with E-state index < -0.39 is 0 Å². The molecule has 2 aromatic heterocycles. The summed E-state index contributed by atoms with van der Waals surface area (Å²) in [7, 11) is 0. The number of nitrogens with two attached hydrogens (primary N) is 1. The van der Waals surface area contributed by atoms with Gasteiger partial charge in [-0.1, -0.05) is 12.1 Å². The molecule has 1 atom stereocenters. The number of carbonyl (C=O) groups excluding carboxylic acids is 1. The Hall–Kier alpha value is -2.64. The molecule has 1 aliphatic heterocycles. The van der Waals surface area contributed by atoms with Crippen molar-refractivity contribution in [3.63, 3.8) is 0 Å². The molecule has 1 amide bonds. The number of hydrogen-bond acceptors (Lipinski definition) is 6. The monoisotopic (exact) mass is 409 g/mol. The van der Waals surface area contributed by atoms with E-state index in [1.54, 1.807) is 0 Å². The van der Waals surface area contributed by atoms with Crippen molar-refractivity contribution in [3.8, 4) is 0 Å². The summed E-state index contributed by atoms with van der Waals surface area (Å²) in [6, 6.07) is 13.0. The predicted molar refractivity (Wildman–Crippen MR) is 121 cm³/mol. The summed E-state index contributed by atoms with van der Waals surface area (Å²) < 4.78 is 0. The zero-order valence-corrected chi connectivity index (χ0v) is 17.7. The molecule has 1 aliphatic rings. The van der Waals surface area contributed by atoms with Crippen LogP contribution in [0.2, 0.25) is 0 Å². The number of pyridine rings is 1. The summed E-state index contributed by atoms with van der Waals surface area (Å²) in [5.74, 6) is -0.130. The molecule has 3 aromatic rings. The van der Waals surface area contributed by atoms with Gasteiger partial charge in [0.25, 0.3) is 5.91 Å². The lowest BCUT2D eigenvalue weighted by atomic mass is 10.1. The summed E-state index contributed by atoms with van der Waals surface area (Å²) >= 11 is 1.35. The molecule has 0 bridgehead atoms. The number of rotatable bonds is 5. The maximum atomic E-state index is 12.6. The van der Waals surface area contributed by atoms with Crippen LogP contribution in [0.3, 0.4) is 0 Å². The minimum absolute atomic E-state index is 0.130. The van der Waals surface area contributed by atoms with E-state index in [1.807, 2.05) is 19.1 Å². The largest absolute Gasteiger partial charge is 0.397 e. The highest BCUT2D eigenvalue weighted by atomic mass is 32.1. The Balaban J connectivity index is 1.35. The highest BCUT2D eigenvalue weighted by molar-refractivity contribution is 7.21. The first-order chi connectivity index (χ1) is 14.0. The number of amides is 1. The zero-order chi connectivity index (χ0) is 20.4. The van der Waals surface area contributed by atoms with Crippen molar-refractivity contribution in [3.05, 3.63) is 52.5 Å². The van der Waals surface area contributed by atoms with Crippen LogP contribution in [0.4, 0.5) is 11.4 Å². The van der Waals surface area contributed by atoms with Crippen LogP contribution in [0.5, 0.6) is 0 Å². The molecule has 1 aromatic carbocycles. The smallest absolute Gasteiger partial charge is 0.263 e. The number of nitrogens with one attached hydrogen (secondary N) is 2. The molecule has 4 N–H and O–H groups in total. The summed E-state index contributed by atoms with van der Waals surface area (Å²) in [4.78, 5) is 20.8. The maximum absolute atomic E-state index is 12.6. The molecular weight excluding hydrogens is 382 g/mol. The first-order valence-corrected chi connectivity index (χ1v) is 10.8. The SMILES string of the molecule is Cc1ccc2c(N)c(C(=O)NCCc3ccc(N4CCNCC4C)cc3)sc2n1. The van der Waals surface area contributed by atoms with Gasteiger partial charge in [-0.05, 0) is 50.1 Å². The van der Waals surface area contributed by atoms with Crippen molar-refractivity contribution in [2.45, 2.75) is 26.3 Å². The number of carbonyl (C=O) groups is 1. The number of anilines is 2. The predicted octanol–water partition coefficient (Wildman–Crippen LogP) is 2.96. The number of aryl methyl sites for hydroxylation is 1. The molecule has 0 aliphatic carbocycles. The Kier molecular flexibility index (Phi) is 5.69. The molecule has 0 spiro atoms. The molecule has 1 saturated heterocycles. The van der Waals surface area contributed by atoms with Crippen molar-refractivity contribution in [2.75, 3.05) is 36.8 Å². The van der Waals surface area contributed by atoms with Gasteiger partial charge >= 0.3 is 0 Å². The van der Waals surface area contributed by atoms with Crippen molar-refractivity contribution >= 4 is 38.8 Å². The molecule has 7 heteroatoms. The van der Waals surface area contributed by atoms with Gasteiger partial charge in [-0.15, -0.1) is 11.3 Å². The van der Waals surface area contributed by atoms with Gasteiger partial charge in [0, 0.05) is 49.0 Å². The standard InChI is InChI=1S/C22H27N5OS/c1-14-3-8-18-19(23)20(29-22(18)26-14)21(28)25-10-9-16-4-6-17(7-5-16)27-12-11-24-13-15(27)2/h3-8,15,24H,9-13,23H2,1-2H3,(H,25,28). The highest BCUT2D eigenvalue weighted by Gasteiger charge is 2.18. The van der Waals surface area contributed by atoms with Crippen LogP contribution in [0, 0.1) is 6.92 Å². The van der Waals surface area contributed by atoms with Crippen LogP contribution in [-0.2, 0) is 6.42 Å². The van der Waals surface area contributed by atoms with Gasteiger partial charge in [-0.3, -0.25) is 4.79 Å². The average molecular weight is 410 g/mol. The van der Waals surface area contributed by atoms with Gasteiger partial charge in [-0.25, -0.2) is 4.98 Å². The van der Waals surface area contributed by atoms with Crippen LogP contribution in [0.15, 0.2) is 36.4 Å². The number of thiophene rings is 1. The molecule has 3 heterocycles. The molecule has 1 unspecified atom stereocenters. The number of fused-ring (bicyclic) bond motifs is 1. The lowest BCUT2D eigenvalue weighted by Crippen LogP contribution is -2.49. The molecule has 0 radical (unpaired) electrons. The Morgan fingerprint density at radius 1 is 1.31 bits per heavy atom. The van der Waals surface area contributed by atoms with Gasteiger partial charge in [-0.2, -0.15) is 0 Å².